The van der Waals surface area contributed by atoms with E-state index >= 15 is 0 Å². The van der Waals surface area contributed by atoms with Crippen molar-refractivity contribution in [2.75, 3.05) is 0 Å². The summed E-state index contributed by atoms with van der Waals surface area (Å²) in [5.41, 5.74) is 6.27. The molecule has 1 rings (SSSR count). The molecule has 2 atom stereocenters. The molecular formula is C11H12ClNO3. The number of carboxylic acids is 1. The number of rotatable bonds is 5. The second kappa shape index (κ2) is 5.63. The fourth-order valence-corrected chi connectivity index (χ4v) is 1.60. The van der Waals surface area contributed by atoms with E-state index in [4.69, 9.17) is 22.4 Å². The topological polar surface area (TPSA) is 80.4 Å². The molecule has 3 N–H and O–H groups in total. The summed E-state index contributed by atoms with van der Waals surface area (Å²) in [7, 11) is 0. The number of benzene rings is 1. The smallest absolute Gasteiger partial charge is 0.304 e. The zero-order chi connectivity index (χ0) is 12.1. The van der Waals surface area contributed by atoms with Crippen molar-refractivity contribution in [3.8, 4) is 0 Å². The molecule has 0 amide bonds. The molecule has 16 heavy (non-hydrogen) atoms. The lowest BCUT2D eigenvalue weighted by Crippen LogP contribution is -2.31. The number of carbonyl (C=O) groups is 2. The quantitative estimate of drug-likeness (QED) is 0.764. The molecule has 0 radical (unpaired) electrons. The Morgan fingerprint density at radius 3 is 2.44 bits per heavy atom. The van der Waals surface area contributed by atoms with Gasteiger partial charge in [-0.05, 0) is 17.7 Å². The molecule has 0 bridgehead atoms. The van der Waals surface area contributed by atoms with Gasteiger partial charge in [0.25, 0.3) is 0 Å². The monoisotopic (exact) mass is 241 g/mol. The maximum absolute atomic E-state index is 10.7. The Kier molecular flexibility index (Phi) is 4.46. The maximum atomic E-state index is 10.7. The lowest BCUT2D eigenvalue weighted by Gasteiger charge is -2.18. The molecule has 0 aliphatic heterocycles. The molecule has 1 unspecified atom stereocenters. The van der Waals surface area contributed by atoms with Crippen LogP contribution in [0.25, 0.3) is 0 Å². The van der Waals surface area contributed by atoms with Crippen LogP contribution in [-0.2, 0) is 9.59 Å². The number of aldehydes is 1. The number of hydrogen-bond acceptors (Lipinski definition) is 3. The van der Waals surface area contributed by atoms with Crippen LogP contribution in [-0.4, -0.2) is 23.4 Å². The molecule has 0 spiro atoms. The van der Waals surface area contributed by atoms with E-state index in [1.807, 2.05) is 0 Å². The third-order valence-corrected chi connectivity index (χ3v) is 2.57. The fourth-order valence-electron chi connectivity index (χ4n) is 1.47. The van der Waals surface area contributed by atoms with Crippen molar-refractivity contribution in [1.82, 2.24) is 0 Å². The van der Waals surface area contributed by atoms with Gasteiger partial charge in [0.15, 0.2) is 0 Å². The number of aliphatic carboxylic acids is 1. The fraction of sp³-hybridized carbons (Fsp3) is 0.273. The summed E-state index contributed by atoms with van der Waals surface area (Å²) in [6, 6.07) is 5.82. The number of carboxylic acid groups (broad SMARTS) is 1. The Balaban J connectivity index is 2.95. The zero-order valence-electron chi connectivity index (χ0n) is 8.47. The molecule has 5 heteroatoms. The van der Waals surface area contributed by atoms with Gasteiger partial charge in [0, 0.05) is 10.9 Å². The molecule has 0 fully saturated rings. The second-order valence-corrected chi connectivity index (χ2v) is 3.91. The van der Waals surface area contributed by atoms with Crippen molar-refractivity contribution in [2.24, 2.45) is 5.73 Å². The molecule has 0 aliphatic rings. The number of halogens is 1. The van der Waals surface area contributed by atoms with E-state index in [9.17, 15) is 9.59 Å². The van der Waals surface area contributed by atoms with Crippen molar-refractivity contribution < 1.29 is 14.7 Å². The highest BCUT2D eigenvalue weighted by Crippen LogP contribution is 2.23. The average molecular weight is 242 g/mol. The van der Waals surface area contributed by atoms with Gasteiger partial charge in [0.05, 0.1) is 12.5 Å². The third-order valence-electron chi connectivity index (χ3n) is 2.31. The van der Waals surface area contributed by atoms with Crippen molar-refractivity contribution in [2.45, 2.75) is 18.4 Å². The number of hydrogen-bond donors (Lipinski definition) is 2. The summed E-state index contributed by atoms with van der Waals surface area (Å²) in [5, 5.41) is 9.30. The lowest BCUT2D eigenvalue weighted by atomic mass is 9.90. The van der Waals surface area contributed by atoms with Crippen LogP contribution in [0.4, 0.5) is 0 Å². The largest absolute Gasteiger partial charge is 0.481 e. The van der Waals surface area contributed by atoms with Crippen LogP contribution in [0.2, 0.25) is 5.02 Å². The Morgan fingerprint density at radius 2 is 2.00 bits per heavy atom. The molecule has 0 heterocycles. The van der Waals surface area contributed by atoms with Gasteiger partial charge in [-0.2, -0.15) is 0 Å². The summed E-state index contributed by atoms with van der Waals surface area (Å²) in [5.74, 6) is -1.51. The minimum Gasteiger partial charge on any atom is -0.481 e. The molecule has 0 aliphatic carbocycles. The number of nitrogens with two attached hydrogens (primary N) is 1. The molecule has 86 valence electrons. The Labute approximate surface area is 98.0 Å². The second-order valence-electron chi connectivity index (χ2n) is 3.47. The van der Waals surface area contributed by atoms with Gasteiger partial charge in [0.1, 0.15) is 6.29 Å². The van der Waals surface area contributed by atoms with E-state index < -0.39 is 17.9 Å². The molecule has 0 saturated heterocycles. The van der Waals surface area contributed by atoms with Crippen LogP contribution >= 0.6 is 11.6 Å². The van der Waals surface area contributed by atoms with Gasteiger partial charge >= 0.3 is 5.97 Å². The molecule has 1 aromatic rings. The summed E-state index contributed by atoms with van der Waals surface area (Å²) in [6.45, 7) is 0. The highest BCUT2D eigenvalue weighted by molar-refractivity contribution is 6.30. The minimum atomic E-state index is -0.989. The number of carbonyl (C=O) groups excluding carboxylic acids is 1. The summed E-state index contributed by atoms with van der Waals surface area (Å²) >= 11 is 5.72. The van der Waals surface area contributed by atoms with Crippen molar-refractivity contribution in [3.05, 3.63) is 34.9 Å². The first-order valence-electron chi connectivity index (χ1n) is 4.72. The maximum Gasteiger partial charge on any atom is 0.304 e. The molecular weight excluding hydrogens is 230 g/mol. The normalized spacial score (nSPS) is 14.1. The first-order chi connectivity index (χ1) is 7.54. The average Bonchev–Trinajstić information content (AvgIpc) is 2.26. The Hall–Kier alpha value is -1.39. The highest BCUT2D eigenvalue weighted by atomic mass is 35.5. The van der Waals surface area contributed by atoms with Gasteiger partial charge in [-0.1, -0.05) is 23.7 Å². The van der Waals surface area contributed by atoms with E-state index in [2.05, 4.69) is 0 Å². The minimum absolute atomic E-state index is 0.179. The standard InChI is InChI=1S/C11H12ClNO3/c12-8-3-1-7(2-4-8)9(5-11(15)16)10(13)6-14/h1-4,6,9-10H,5,13H2,(H,15,16)/t9?,10-/m1/s1. The van der Waals surface area contributed by atoms with Gasteiger partial charge in [-0.25, -0.2) is 0 Å². The molecule has 4 nitrogen and oxygen atoms in total. The molecule has 1 aromatic carbocycles. The van der Waals surface area contributed by atoms with Crippen LogP contribution in [0, 0.1) is 0 Å². The van der Waals surface area contributed by atoms with Gasteiger partial charge in [-0.15, -0.1) is 0 Å². The summed E-state index contributed by atoms with van der Waals surface area (Å²) < 4.78 is 0. The predicted molar refractivity (Wildman–Crippen MR) is 60.5 cm³/mol. The first kappa shape index (κ1) is 12.7. The van der Waals surface area contributed by atoms with Gasteiger partial charge < -0.3 is 15.6 Å². The Bertz CT molecular complexity index is 377. The van der Waals surface area contributed by atoms with Crippen LogP contribution in [0.1, 0.15) is 17.9 Å². The zero-order valence-corrected chi connectivity index (χ0v) is 9.22. The van der Waals surface area contributed by atoms with Crippen LogP contribution in [0.3, 0.4) is 0 Å². The van der Waals surface area contributed by atoms with E-state index in [1.165, 1.54) is 0 Å². The third kappa shape index (κ3) is 3.32. The van der Waals surface area contributed by atoms with Crippen molar-refractivity contribution in [3.63, 3.8) is 0 Å². The van der Waals surface area contributed by atoms with E-state index in [0.717, 1.165) is 0 Å². The van der Waals surface area contributed by atoms with Crippen LogP contribution in [0.5, 0.6) is 0 Å². The predicted octanol–water partition coefficient (Wildman–Crippen LogP) is 1.42. The van der Waals surface area contributed by atoms with E-state index in [0.29, 0.717) is 16.9 Å². The van der Waals surface area contributed by atoms with Crippen molar-refractivity contribution in [1.29, 1.82) is 0 Å². The lowest BCUT2D eigenvalue weighted by molar-refractivity contribution is -0.137. The van der Waals surface area contributed by atoms with E-state index in [1.54, 1.807) is 24.3 Å². The highest BCUT2D eigenvalue weighted by Gasteiger charge is 2.22. The Morgan fingerprint density at radius 1 is 1.44 bits per heavy atom. The first-order valence-corrected chi connectivity index (χ1v) is 5.10. The SMILES string of the molecule is N[C@H](C=O)C(CC(=O)O)c1ccc(Cl)cc1. The van der Waals surface area contributed by atoms with Crippen molar-refractivity contribution >= 4 is 23.9 Å². The summed E-state index contributed by atoms with van der Waals surface area (Å²) in [4.78, 5) is 21.3. The summed E-state index contributed by atoms with van der Waals surface area (Å²) in [6.07, 6.45) is 0.379. The van der Waals surface area contributed by atoms with Crippen LogP contribution < -0.4 is 5.73 Å². The van der Waals surface area contributed by atoms with Gasteiger partial charge in [0.2, 0.25) is 0 Å². The molecule has 0 aromatic heterocycles. The van der Waals surface area contributed by atoms with Gasteiger partial charge in [-0.3, -0.25) is 4.79 Å². The van der Waals surface area contributed by atoms with Crippen LogP contribution in [0.15, 0.2) is 24.3 Å². The van der Waals surface area contributed by atoms with E-state index in [-0.39, 0.29) is 6.42 Å². The molecule has 0 saturated carbocycles.